The second-order valence-electron chi connectivity index (χ2n) is 7.47. The molecular weight excluding hydrogens is 382 g/mol. The van der Waals surface area contributed by atoms with Crippen molar-refractivity contribution in [1.29, 1.82) is 0 Å². The molecule has 8 nitrogen and oxygen atoms in total. The standard InChI is InChI=1S/C22H27N5O3/c1-2-30-21-17(9-6-10-23-21)22(29)27-13-11-26(12-14-27)18-15-19(28)24-25-20(18)16-7-4-3-5-8-16/h3-10,18,20,25H,2,11-15H2,1H3,(H,24,28). The molecule has 30 heavy (non-hydrogen) atoms. The Hall–Kier alpha value is -2.97. The molecule has 2 aliphatic heterocycles. The summed E-state index contributed by atoms with van der Waals surface area (Å²) in [5.74, 6) is 0.303. The van der Waals surface area contributed by atoms with Crippen molar-refractivity contribution in [2.45, 2.75) is 25.4 Å². The third-order valence-corrected chi connectivity index (χ3v) is 5.66. The van der Waals surface area contributed by atoms with Crippen LogP contribution in [0.4, 0.5) is 0 Å². The molecule has 2 saturated heterocycles. The second kappa shape index (κ2) is 9.23. The number of amides is 2. The monoisotopic (exact) mass is 409 g/mol. The Labute approximate surface area is 176 Å². The predicted molar refractivity (Wildman–Crippen MR) is 112 cm³/mol. The summed E-state index contributed by atoms with van der Waals surface area (Å²) in [7, 11) is 0. The minimum Gasteiger partial charge on any atom is -0.477 e. The van der Waals surface area contributed by atoms with Crippen molar-refractivity contribution in [3.8, 4) is 5.88 Å². The minimum absolute atomic E-state index is 0.00836. The number of rotatable bonds is 5. The van der Waals surface area contributed by atoms with Crippen molar-refractivity contribution in [3.05, 3.63) is 59.8 Å². The van der Waals surface area contributed by atoms with Gasteiger partial charge in [-0.15, -0.1) is 0 Å². The maximum atomic E-state index is 13.0. The number of ether oxygens (including phenoxy) is 1. The zero-order valence-corrected chi connectivity index (χ0v) is 17.1. The normalized spacial score (nSPS) is 22.4. The molecular formula is C22H27N5O3. The van der Waals surface area contributed by atoms with Crippen molar-refractivity contribution < 1.29 is 14.3 Å². The first kappa shape index (κ1) is 20.3. The topological polar surface area (TPSA) is 86.8 Å². The largest absolute Gasteiger partial charge is 0.477 e. The number of piperazine rings is 1. The molecule has 4 rings (SSSR count). The third-order valence-electron chi connectivity index (χ3n) is 5.66. The molecule has 2 atom stereocenters. The van der Waals surface area contributed by atoms with Crippen molar-refractivity contribution in [1.82, 2.24) is 25.6 Å². The fourth-order valence-corrected chi connectivity index (χ4v) is 4.15. The average molecular weight is 409 g/mol. The number of carbonyl (C=O) groups is 2. The number of hydrogen-bond donors (Lipinski definition) is 2. The quantitative estimate of drug-likeness (QED) is 0.776. The maximum Gasteiger partial charge on any atom is 0.259 e. The molecule has 0 aliphatic carbocycles. The Kier molecular flexibility index (Phi) is 6.25. The van der Waals surface area contributed by atoms with Gasteiger partial charge in [-0.1, -0.05) is 30.3 Å². The van der Waals surface area contributed by atoms with Gasteiger partial charge in [0.25, 0.3) is 5.91 Å². The number of benzene rings is 1. The van der Waals surface area contributed by atoms with E-state index in [-0.39, 0.29) is 23.9 Å². The Morgan fingerprint density at radius 3 is 2.63 bits per heavy atom. The van der Waals surface area contributed by atoms with E-state index >= 15 is 0 Å². The fraction of sp³-hybridized carbons (Fsp3) is 0.409. The number of hydrogen-bond acceptors (Lipinski definition) is 6. The van der Waals surface area contributed by atoms with Crippen LogP contribution in [0.25, 0.3) is 0 Å². The number of hydrazine groups is 1. The lowest BCUT2D eigenvalue weighted by Gasteiger charge is -2.44. The molecule has 2 unspecified atom stereocenters. The first-order chi connectivity index (χ1) is 14.7. The maximum absolute atomic E-state index is 13.0. The van der Waals surface area contributed by atoms with Gasteiger partial charge in [0, 0.05) is 44.8 Å². The van der Waals surface area contributed by atoms with Crippen molar-refractivity contribution in [2.24, 2.45) is 0 Å². The van der Waals surface area contributed by atoms with Crippen LogP contribution in [0, 0.1) is 0 Å². The Morgan fingerprint density at radius 1 is 1.13 bits per heavy atom. The summed E-state index contributed by atoms with van der Waals surface area (Å²) in [6, 6.07) is 13.7. The highest BCUT2D eigenvalue weighted by Crippen LogP contribution is 2.27. The molecule has 0 radical (unpaired) electrons. The molecule has 3 heterocycles. The Balaban J connectivity index is 1.44. The summed E-state index contributed by atoms with van der Waals surface area (Å²) in [5, 5.41) is 0. The van der Waals surface area contributed by atoms with Crippen LogP contribution < -0.4 is 15.6 Å². The van der Waals surface area contributed by atoms with Gasteiger partial charge < -0.3 is 9.64 Å². The minimum atomic E-state index is -0.0645. The van der Waals surface area contributed by atoms with E-state index < -0.39 is 0 Å². The highest BCUT2D eigenvalue weighted by atomic mass is 16.5. The number of aromatic nitrogens is 1. The average Bonchev–Trinajstić information content (AvgIpc) is 2.80. The van der Waals surface area contributed by atoms with Gasteiger partial charge in [0.1, 0.15) is 5.56 Å². The van der Waals surface area contributed by atoms with Crippen molar-refractivity contribution in [3.63, 3.8) is 0 Å². The molecule has 1 aromatic carbocycles. The number of nitrogens with one attached hydrogen (secondary N) is 2. The zero-order valence-electron chi connectivity index (χ0n) is 17.1. The zero-order chi connectivity index (χ0) is 20.9. The van der Waals surface area contributed by atoms with Crippen LogP contribution in [0.3, 0.4) is 0 Å². The van der Waals surface area contributed by atoms with Gasteiger partial charge in [-0.05, 0) is 24.6 Å². The first-order valence-electron chi connectivity index (χ1n) is 10.4. The molecule has 2 fully saturated rings. The van der Waals surface area contributed by atoms with Gasteiger partial charge in [0.05, 0.1) is 12.6 Å². The molecule has 2 aliphatic rings. The summed E-state index contributed by atoms with van der Waals surface area (Å²) in [6.07, 6.45) is 2.06. The summed E-state index contributed by atoms with van der Waals surface area (Å²) >= 11 is 0. The fourth-order valence-electron chi connectivity index (χ4n) is 4.15. The summed E-state index contributed by atoms with van der Waals surface area (Å²) in [4.78, 5) is 33.4. The molecule has 158 valence electrons. The van der Waals surface area contributed by atoms with Crippen molar-refractivity contribution in [2.75, 3.05) is 32.8 Å². The molecule has 8 heteroatoms. The van der Waals surface area contributed by atoms with E-state index in [9.17, 15) is 9.59 Å². The third kappa shape index (κ3) is 4.29. The van der Waals surface area contributed by atoms with E-state index in [1.807, 2.05) is 30.0 Å². The molecule has 0 saturated carbocycles. The highest BCUT2D eigenvalue weighted by Gasteiger charge is 2.36. The van der Waals surface area contributed by atoms with Gasteiger partial charge in [0.15, 0.2) is 0 Å². The first-order valence-corrected chi connectivity index (χ1v) is 10.4. The van der Waals surface area contributed by atoms with Gasteiger partial charge >= 0.3 is 0 Å². The summed E-state index contributed by atoms with van der Waals surface area (Å²) in [5.41, 5.74) is 7.56. The Morgan fingerprint density at radius 2 is 1.90 bits per heavy atom. The molecule has 0 spiro atoms. The molecule has 2 aromatic rings. The van der Waals surface area contributed by atoms with Crippen LogP contribution in [-0.2, 0) is 4.79 Å². The lowest BCUT2D eigenvalue weighted by molar-refractivity contribution is -0.127. The van der Waals surface area contributed by atoms with E-state index in [1.165, 1.54) is 0 Å². The molecule has 2 amide bonds. The van der Waals surface area contributed by atoms with E-state index in [4.69, 9.17) is 4.74 Å². The molecule has 0 bridgehead atoms. The molecule has 2 N–H and O–H groups in total. The van der Waals surface area contributed by atoms with Gasteiger partial charge in [-0.3, -0.25) is 19.9 Å². The Bertz CT molecular complexity index is 883. The highest BCUT2D eigenvalue weighted by molar-refractivity contribution is 5.96. The van der Waals surface area contributed by atoms with E-state index in [1.54, 1.807) is 18.3 Å². The number of carbonyl (C=O) groups excluding carboxylic acids is 2. The summed E-state index contributed by atoms with van der Waals surface area (Å²) in [6.45, 7) is 4.94. The van der Waals surface area contributed by atoms with Crippen molar-refractivity contribution >= 4 is 11.8 Å². The van der Waals surface area contributed by atoms with E-state index in [0.717, 1.165) is 5.56 Å². The van der Waals surface area contributed by atoms with Crippen LogP contribution in [0.15, 0.2) is 48.7 Å². The second-order valence-corrected chi connectivity index (χ2v) is 7.47. The van der Waals surface area contributed by atoms with Crippen LogP contribution in [-0.4, -0.2) is 65.4 Å². The van der Waals surface area contributed by atoms with Crippen LogP contribution in [0.2, 0.25) is 0 Å². The van der Waals surface area contributed by atoms with Crippen LogP contribution in [0.1, 0.15) is 35.3 Å². The predicted octanol–water partition coefficient (Wildman–Crippen LogP) is 1.37. The van der Waals surface area contributed by atoms with E-state index in [0.29, 0.717) is 50.7 Å². The van der Waals surface area contributed by atoms with Gasteiger partial charge in [-0.2, -0.15) is 0 Å². The lowest BCUT2D eigenvalue weighted by Crippen LogP contribution is -2.60. The lowest BCUT2D eigenvalue weighted by atomic mass is 9.93. The SMILES string of the molecule is CCOc1ncccc1C(=O)N1CCN(C2CC(=O)NNC2c2ccccc2)CC1. The van der Waals surface area contributed by atoms with Gasteiger partial charge in [-0.25, -0.2) is 10.4 Å². The van der Waals surface area contributed by atoms with Crippen LogP contribution in [0.5, 0.6) is 5.88 Å². The van der Waals surface area contributed by atoms with Crippen LogP contribution >= 0.6 is 0 Å². The van der Waals surface area contributed by atoms with E-state index in [2.05, 4.69) is 32.9 Å². The summed E-state index contributed by atoms with van der Waals surface area (Å²) < 4.78 is 5.52. The molecule has 1 aromatic heterocycles. The van der Waals surface area contributed by atoms with Gasteiger partial charge in [0.2, 0.25) is 11.8 Å². The number of pyridine rings is 1. The number of nitrogens with zero attached hydrogens (tertiary/aromatic N) is 3. The smallest absolute Gasteiger partial charge is 0.259 e.